The number of H-pyrrole nitrogens is 1. The van der Waals surface area contributed by atoms with E-state index in [4.69, 9.17) is 31.5 Å². The fourth-order valence-corrected chi connectivity index (χ4v) is 4.57. The number of esters is 2. The van der Waals surface area contributed by atoms with Gasteiger partial charge in [-0.15, -0.1) is 0 Å². The van der Waals surface area contributed by atoms with Crippen LogP contribution in [-0.4, -0.2) is 88.2 Å². The first-order chi connectivity index (χ1) is 24.4. The van der Waals surface area contributed by atoms with Gasteiger partial charge in [0.15, 0.2) is 5.84 Å². The second-order valence-corrected chi connectivity index (χ2v) is 11.6. The Labute approximate surface area is 293 Å². The molecule has 0 aliphatic carbocycles. The number of methoxy groups -OCH3 is 1. The predicted octanol–water partition coefficient (Wildman–Crippen LogP) is 1.16. The van der Waals surface area contributed by atoms with E-state index in [1.54, 1.807) is 73.8 Å². The van der Waals surface area contributed by atoms with E-state index in [0.717, 1.165) is 5.69 Å². The number of ether oxygens (including phenoxy) is 2. The van der Waals surface area contributed by atoms with Gasteiger partial charge in [0.1, 0.15) is 23.7 Å². The van der Waals surface area contributed by atoms with Crippen molar-refractivity contribution in [3.63, 3.8) is 0 Å². The topological polar surface area (TPSA) is 263 Å². The fourth-order valence-electron chi connectivity index (χ4n) is 4.57. The number of fused-ring (bicyclic) bond motifs is 1. The minimum Gasteiger partial charge on any atom is -0.469 e. The SMILES string of the molecule is COC(=O)CCN(C(=O)c1ccc2nc(CNc3ccc(/C(N)=N/OC(=O)C(N)C(C)COC(=O)C(N)C(C)O)cc3)[nH]c2c1)c1ccccn1. The van der Waals surface area contributed by atoms with Crippen LogP contribution in [0.1, 0.15) is 42.0 Å². The summed E-state index contributed by atoms with van der Waals surface area (Å²) >= 11 is 0. The molecular formula is C34H41N9O8. The molecule has 4 rings (SSSR count). The third-order valence-electron chi connectivity index (χ3n) is 7.76. The maximum Gasteiger partial charge on any atom is 0.352 e. The van der Waals surface area contributed by atoms with Crippen LogP contribution in [0.5, 0.6) is 0 Å². The number of aliphatic hydroxyl groups excluding tert-OH is 1. The summed E-state index contributed by atoms with van der Waals surface area (Å²) in [6, 6.07) is 14.7. The van der Waals surface area contributed by atoms with Gasteiger partial charge in [-0.2, -0.15) is 0 Å². The molecule has 51 heavy (non-hydrogen) atoms. The molecule has 2 heterocycles. The number of carbonyl (C=O) groups excluding carboxylic acids is 4. The molecule has 2 aromatic carbocycles. The molecule has 0 aliphatic rings. The van der Waals surface area contributed by atoms with Gasteiger partial charge in [0, 0.05) is 35.5 Å². The second kappa shape index (κ2) is 17.7. The van der Waals surface area contributed by atoms with E-state index in [2.05, 4.69) is 25.4 Å². The normalized spacial score (nSPS) is 13.8. The van der Waals surface area contributed by atoms with Crippen molar-refractivity contribution in [2.24, 2.45) is 28.3 Å². The lowest BCUT2D eigenvalue weighted by atomic mass is 10.0. The van der Waals surface area contributed by atoms with Crippen molar-refractivity contribution >= 4 is 52.2 Å². The number of hydrogen-bond acceptors (Lipinski definition) is 14. The monoisotopic (exact) mass is 703 g/mol. The van der Waals surface area contributed by atoms with E-state index in [9.17, 15) is 24.3 Å². The Morgan fingerprint density at radius 3 is 2.39 bits per heavy atom. The number of nitrogens with two attached hydrogens (primary N) is 3. The van der Waals surface area contributed by atoms with E-state index in [0.29, 0.717) is 40.3 Å². The number of rotatable bonds is 16. The van der Waals surface area contributed by atoms with Crippen LogP contribution in [0.15, 0.2) is 72.0 Å². The first kappa shape index (κ1) is 37.9. The number of amides is 1. The fraction of sp³-hybridized carbons (Fsp3) is 0.324. The van der Waals surface area contributed by atoms with Crippen molar-refractivity contribution in [1.82, 2.24) is 15.0 Å². The highest BCUT2D eigenvalue weighted by Crippen LogP contribution is 2.20. The van der Waals surface area contributed by atoms with Gasteiger partial charge in [-0.3, -0.25) is 19.3 Å². The average Bonchev–Trinajstić information content (AvgIpc) is 3.57. The van der Waals surface area contributed by atoms with Gasteiger partial charge in [-0.05, 0) is 61.5 Å². The molecule has 4 aromatic rings. The maximum atomic E-state index is 13.5. The predicted molar refractivity (Wildman–Crippen MR) is 187 cm³/mol. The Bertz CT molecular complexity index is 1850. The summed E-state index contributed by atoms with van der Waals surface area (Å²) in [4.78, 5) is 67.9. The average molecular weight is 704 g/mol. The number of aliphatic hydroxyl groups is 1. The van der Waals surface area contributed by atoms with Gasteiger partial charge in [0.25, 0.3) is 5.91 Å². The van der Waals surface area contributed by atoms with Crippen molar-refractivity contribution in [3.05, 3.63) is 83.8 Å². The van der Waals surface area contributed by atoms with E-state index < -0.39 is 42.0 Å². The molecule has 17 heteroatoms. The van der Waals surface area contributed by atoms with Crippen LogP contribution in [0.2, 0.25) is 0 Å². The van der Waals surface area contributed by atoms with Gasteiger partial charge in [-0.1, -0.05) is 18.1 Å². The zero-order valence-corrected chi connectivity index (χ0v) is 28.3. The van der Waals surface area contributed by atoms with Crippen LogP contribution in [0.25, 0.3) is 11.0 Å². The van der Waals surface area contributed by atoms with Gasteiger partial charge >= 0.3 is 17.9 Å². The number of benzene rings is 2. The number of pyridine rings is 1. The summed E-state index contributed by atoms with van der Waals surface area (Å²) < 4.78 is 9.75. The van der Waals surface area contributed by atoms with Crippen LogP contribution in [0, 0.1) is 5.92 Å². The van der Waals surface area contributed by atoms with Gasteiger partial charge < -0.3 is 46.9 Å². The molecule has 4 unspecified atom stereocenters. The van der Waals surface area contributed by atoms with E-state index >= 15 is 0 Å². The van der Waals surface area contributed by atoms with E-state index in [1.807, 2.05) is 0 Å². The third kappa shape index (κ3) is 10.3. The molecule has 0 spiro atoms. The number of amidine groups is 1. The maximum absolute atomic E-state index is 13.5. The van der Waals surface area contributed by atoms with Gasteiger partial charge in [0.05, 0.1) is 43.8 Å². The first-order valence-corrected chi connectivity index (χ1v) is 15.9. The van der Waals surface area contributed by atoms with Crippen LogP contribution >= 0.6 is 0 Å². The lowest BCUT2D eigenvalue weighted by Crippen LogP contribution is -2.44. The molecule has 0 radical (unpaired) electrons. The Kier molecular flexibility index (Phi) is 13.1. The number of aromatic amines is 1. The molecule has 0 bridgehead atoms. The molecular weight excluding hydrogens is 662 g/mol. The number of hydrogen-bond donors (Lipinski definition) is 6. The Hall–Kier alpha value is -5.91. The highest BCUT2D eigenvalue weighted by Gasteiger charge is 2.27. The third-order valence-corrected chi connectivity index (χ3v) is 7.76. The minimum atomic E-state index is -1.22. The Morgan fingerprint density at radius 2 is 1.73 bits per heavy atom. The molecule has 0 saturated carbocycles. The van der Waals surface area contributed by atoms with Crippen molar-refractivity contribution < 1.29 is 38.6 Å². The standard InChI is InChI=1S/C34H41N9O8/c1-19(18-50-33(47)30(36)20(2)44)29(35)34(48)51-42-31(37)21-7-10-23(11-8-21)39-17-26-40-24-12-9-22(16-25(24)41-26)32(46)43(15-13-28(45)49-3)27-6-4-5-14-38-27/h4-12,14,16,19-20,29-30,39,44H,13,15,17-18,35-36H2,1-3H3,(H2,37,42)(H,40,41). The highest BCUT2D eigenvalue weighted by molar-refractivity contribution is 6.07. The summed E-state index contributed by atoms with van der Waals surface area (Å²) in [5.41, 5.74) is 20.3. The molecule has 17 nitrogen and oxygen atoms in total. The minimum absolute atomic E-state index is 0.00764. The number of nitrogens with one attached hydrogen (secondary N) is 2. The quantitative estimate of drug-likeness (QED) is 0.0315. The van der Waals surface area contributed by atoms with Crippen LogP contribution in [0.3, 0.4) is 0 Å². The second-order valence-electron chi connectivity index (χ2n) is 11.6. The summed E-state index contributed by atoms with van der Waals surface area (Å²) in [5.74, 6) is -2.15. The number of oxime groups is 1. The molecule has 2 aromatic heterocycles. The number of nitrogens with zero attached hydrogens (tertiary/aromatic N) is 4. The van der Waals surface area contributed by atoms with Crippen LogP contribution in [-0.2, 0) is 35.2 Å². The molecule has 0 aliphatic heterocycles. The number of imidazole rings is 1. The van der Waals surface area contributed by atoms with E-state index in [1.165, 1.54) is 18.9 Å². The summed E-state index contributed by atoms with van der Waals surface area (Å²) in [5, 5.41) is 16.3. The zero-order chi connectivity index (χ0) is 37.1. The molecule has 270 valence electrons. The molecule has 0 fully saturated rings. The van der Waals surface area contributed by atoms with Crippen LogP contribution in [0.4, 0.5) is 11.5 Å². The lowest BCUT2D eigenvalue weighted by Gasteiger charge is -2.21. The molecule has 1 amide bonds. The first-order valence-electron chi connectivity index (χ1n) is 15.9. The summed E-state index contributed by atoms with van der Waals surface area (Å²) in [7, 11) is 1.29. The van der Waals surface area contributed by atoms with E-state index in [-0.39, 0.29) is 31.3 Å². The molecule has 0 saturated heterocycles. The van der Waals surface area contributed by atoms with Crippen molar-refractivity contribution in [3.8, 4) is 0 Å². The van der Waals surface area contributed by atoms with Gasteiger partial charge in [-0.25, -0.2) is 14.8 Å². The van der Waals surface area contributed by atoms with Crippen molar-refractivity contribution in [2.75, 3.05) is 30.5 Å². The summed E-state index contributed by atoms with van der Waals surface area (Å²) in [6.45, 7) is 3.13. The lowest BCUT2D eigenvalue weighted by molar-refractivity contribution is -0.153. The zero-order valence-electron chi connectivity index (χ0n) is 28.3. The number of anilines is 2. The largest absolute Gasteiger partial charge is 0.469 e. The number of aromatic nitrogens is 3. The molecule has 4 atom stereocenters. The highest BCUT2D eigenvalue weighted by atomic mass is 16.7. The Morgan fingerprint density at radius 1 is 1.00 bits per heavy atom. The Balaban J connectivity index is 1.32. The van der Waals surface area contributed by atoms with Crippen LogP contribution < -0.4 is 27.4 Å². The van der Waals surface area contributed by atoms with Crippen molar-refractivity contribution in [2.45, 2.75) is 45.0 Å². The number of carbonyl (C=O) groups is 4. The van der Waals surface area contributed by atoms with Crippen molar-refractivity contribution in [1.29, 1.82) is 0 Å². The van der Waals surface area contributed by atoms with Gasteiger partial charge in [0.2, 0.25) is 0 Å². The smallest absolute Gasteiger partial charge is 0.352 e. The summed E-state index contributed by atoms with van der Waals surface area (Å²) in [6.07, 6.45) is 0.485. The molecule has 9 N–H and O–H groups in total.